The van der Waals surface area contributed by atoms with Gasteiger partial charge >= 0.3 is 0 Å². The van der Waals surface area contributed by atoms with Crippen molar-refractivity contribution in [3.05, 3.63) is 219 Å². The van der Waals surface area contributed by atoms with Crippen LogP contribution in [0.15, 0.2) is 161 Å². The van der Waals surface area contributed by atoms with Gasteiger partial charge in [-0.3, -0.25) is 0 Å². The quantitative estimate of drug-likeness (QED) is 0.142. The van der Waals surface area contributed by atoms with Crippen molar-refractivity contribution < 1.29 is 8.83 Å². The average molecular weight is 925 g/mol. The normalized spacial score (nSPS) is 14.1. The van der Waals surface area contributed by atoms with Crippen molar-refractivity contribution in [3.63, 3.8) is 0 Å². The minimum atomic E-state index is -0.411. The maximum Gasteiger partial charge on any atom is 0.160 e. The van der Waals surface area contributed by atoms with E-state index in [9.17, 15) is 0 Å². The van der Waals surface area contributed by atoms with Crippen LogP contribution in [0.4, 0.5) is 34.1 Å². The second-order valence-electron chi connectivity index (χ2n) is 21.3. The van der Waals surface area contributed by atoms with E-state index in [-0.39, 0.29) is 0 Å². The molecule has 350 valence electrons. The first-order valence-electron chi connectivity index (χ1n) is 25.0. The average Bonchev–Trinajstić information content (AvgIpc) is 4.02. The Hall–Kier alpha value is -7.82. The van der Waals surface area contributed by atoms with Crippen molar-refractivity contribution in [3.8, 4) is 22.3 Å². The van der Waals surface area contributed by atoms with E-state index < -0.39 is 10.8 Å². The topological polar surface area (TPSA) is 32.8 Å². The zero-order chi connectivity index (χ0) is 49.4. The smallest absolute Gasteiger partial charge is 0.160 e. The molecule has 2 heterocycles. The third-order valence-electron chi connectivity index (χ3n) is 16.0. The number of fused-ring (bicyclic) bond motifs is 13. The van der Waals surface area contributed by atoms with Crippen molar-refractivity contribution >= 4 is 73.1 Å². The summed E-state index contributed by atoms with van der Waals surface area (Å²) in [5.74, 6) is 0.837. The molecule has 0 spiro atoms. The van der Waals surface area contributed by atoms with Gasteiger partial charge in [-0.1, -0.05) is 149 Å². The van der Waals surface area contributed by atoms with Crippen LogP contribution in [0.2, 0.25) is 0 Å². The van der Waals surface area contributed by atoms with Crippen molar-refractivity contribution in [1.29, 1.82) is 0 Å². The van der Waals surface area contributed by atoms with E-state index >= 15 is 0 Å². The molecule has 0 atom stereocenters. The molecule has 12 rings (SSSR count). The number of rotatable bonds is 8. The fraction of sp³-hybridized carbons (Fsp3) is 0.194. The summed E-state index contributed by atoms with van der Waals surface area (Å²) in [6, 6.07) is 49.4. The van der Waals surface area contributed by atoms with E-state index in [4.69, 9.17) is 8.83 Å². The molecule has 0 amide bonds. The molecule has 10 aromatic rings. The first kappa shape index (κ1) is 44.4. The number of benzene rings is 8. The third-order valence-corrected chi connectivity index (χ3v) is 16.0. The highest BCUT2D eigenvalue weighted by Crippen LogP contribution is 2.64. The number of furan rings is 2. The van der Waals surface area contributed by atoms with Gasteiger partial charge < -0.3 is 18.6 Å². The fourth-order valence-corrected chi connectivity index (χ4v) is 12.6. The molecule has 0 bridgehead atoms. The van der Waals surface area contributed by atoms with Gasteiger partial charge in [-0.25, -0.2) is 0 Å². The largest absolute Gasteiger partial charge is 0.454 e. The summed E-state index contributed by atoms with van der Waals surface area (Å²) in [5, 5.41) is 3.44. The standard InChI is InChI=1S/C67H60N2O2/c1-13-14-26-56-44(8)58-59-46-30-31-47-60-49(37-55(65-61(60)45-23-17-20-27-57(45)71-65)69(51-25-19-16-22-41(51)5)53-33-29-39(3)35-43(53)7)67(11,12)63(47)62(46)66(9,10)48(59)36-54(64(58)70-56)68(50-24-18-15-21-40(50)4)52-32-28-38(2)34-42(52)6/h13-37H,1H2,2-12H3/b26-14-. The first-order valence-corrected chi connectivity index (χ1v) is 25.0. The molecular weight excluding hydrogens is 865 g/mol. The molecule has 71 heavy (non-hydrogen) atoms. The second-order valence-corrected chi connectivity index (χ2v) is 21.3. The lowest BCUT2D eigenvalue weighted by Crippen LogP contribution is -2.24. The molecule has 8 aromatic carbocycles. The van der Waals surface area contributed by atoms with E-state index in [1.54, 1.807) is 0 Å². The molecule has 2 aromatic heterocycles. The molecule has 0 saturated carbocycles. The molecule has 2 aliphatic carbocycles. The van der Waals surface area contributed by atoms with Crippen LogP contribution in [0.1, 0.15) is 94.7 Å². The summed E-state index contributed by atoms with van der Waals surface area (Å²) < 4.78 is 14.3. The molecule has 0 radical (unpaired) electrons. The number of hydrogen-bond acceptors (Lipinski definition) is 4. The lowest BCUT2D eigenvalue weighted by Gasteiger charge is -2.33. The maximum atomic E-state index is 7.17. The van der Waals surface area contributed by atoms with Gasteiger partial charge in [0.2, 0.25) is 0 Å². The molecule has 0 fully saturated rings. The monoisotopic (exact) mass is 924 g/mol. The van der Waals surface area contributed by atoms with Gasteiger partial charge in [0.25, 0.3) is 0 Å². The highest BCUT2D eigenvalue weighted by atomic mass is 16.3. The van der Waals surface area contributed by atoms with Crippen LogP contribution in [0.3, 0.4) is 0 Å². The Bertz CT molecular complexity index is 3940. The summed E-state index contributed by atoms with van der Waals surface area (Å²) >= 11 is 0. The zero-order valence-electron chi connectivity index (χ0n) is 42.9. The van der Waals surface area contributed by atoms with Crippen LogP contribution in [0, 0.1) is 48.5 Å². The molecule has 4 heteroatoms. The molecular formula is C67H60N2O2. The van der Waals surface area contributed by atoms with E-state index in [1.165, 1.54) is 77.9 Å². The Kier molecular flexibility index (Phi) is 9.91. The number of hydrogen-bond donors (Lipinski definition) is 0. The van der Waals surface area contributed by atoms with Crippen LogP contribution in [-0.2, 0) is 10.8 Å². The van der Waals surface area contributed by atoms with E-state index in [2.05, 4.69) is 232 Å². The predicted molar refractivity (Wildman–Crippen MR) is 300 cm³/mol. The van der Waals surface area contributed by atoms with Crippen LogP contribution in [0.25, 0.3) is 61.2 Å². The molecule has 0 unspecified atom stereocenters. The first-order chi connectivity index (χ1) is 34.1. The van der Waals surface area contributed by atoms with Gasteiger partial charge in [-0.15, -0.1) is 0 Å². The number of nitrogens with zero attached hydrogens (tertiary/aromatic N) is 2. The van der Waals surface area contributed by atoms with Gasteiger partial charge in [0.15, 0.2) is 11.2 Å². The predicted octanol–water partition coefficient (Wildman–Crippen LogP) is 19.2. The Balaban J connectivity index is 1.16. The molecule has 0 N–H and O–H groups in total. The SMILES string of the molecule is C=C/C=C\c1oc2c(N(c3ccccc3C)c3ccc(C)cc3C)cc3c(c2c1C)-c1ccc2c(c1C3(C)C)C(C)(C)c1cc(N(c3ccccc3C)c3ccc(C)cc3C)c3oc4ccccc4c3c1-2. The third kappa shape index (κ3) is 6.36. The molecule has 0 saturated heterocycles. The summed E-state index contributed by atoms with van der Waals surface area (Å²) in [4.78, 5) is 4.89. The van der Waals surface area contributed by atoms with Gasteiger partial charge in [-0.2, -0.15) is 0 Å². The van der Waals surface area contributed by atoms with E-state index in [0.29, 0.717) is 0 Å². The van der Waals surface area contributed by atoms with Crippen LogP contribution >= 0.6 is 0 Å². The van der Waals surface area contributed by atoms with Crippen LogP contribution < -0.4 is 9.80 Å². The van der Waals surface area contributed by atoms with E-state index in [0.717, 1.165) is 78.4 Å². The number of allylic oxidation sites excluding steroid dienone is 2. The van der Waals surface area contributed by atoms with Gasteiger partial charge in [-0.05, 0) is 164 Å². The lowest BCUT2D eigenvalue weighted by atomic mass is 9.72. The van der Waals surface area contributed by atoms with Gasteiger partial charge in [0.05, 0.1) is 11.4 Å². The maximum absolute atomic E-state index is 7.17. The van der Waals surface area contributed by atoms with Gasteiger partial charge in [0.1, 0.15) is 11.3 Å². The van der Waals surface area contributed by atoms with Crippen molar-refractivity contribution in [2.24, 2.45) is 0 Å². The lowest BCUT2D eigenvalue weighted by molar-refractivity contribution is 0.597. The highest BCUT2D eigenvalue weighted by molar-refractivity contribution is 6.20. The summed E-state index contributed by atoms with van der Waals surface area (Å²) in [7, 11) is 0. The van der Waals surface area contributed by atoms with Crippen molar-refractivity contribution in [2.75, 3.05) is 9.80 Å². The number of aryl methyl sites for hydroxylation is 7. The number of anilines is 6. The Morgan fingerprint density at radius 2 is 0.930 bits per heavy atom. The van der Waals surface area contributed by atoms with Crippen molar-refractivity contribution in [2.45, 2.75) is 87.0 Å². The molecule has 0 aliphatic heterocycles. The Labute approximate surface area is 418 Å². The second kappa shape index (κ2) is 15.8. The number of para-hydroxylation sites is 3. The Morgan fingerprint density at radius 1 is 0.465 bits per heavy atom. The minimum absolute atomic E-state index is 0.409. The molecule has 2 aliphatic rings. The van der Waals surface area contributed by atoms with Crippen molar-refractivity contribution in [1.82, 2.24) is 0 Å². The van der Waals surface area contributed by atoms with Gasteiger partial charge in [0, 0.05) is 55.3 Å². The molecule has 4 nitrogen and oxygen atoms in total. The van der Waals surface area contributed by atoms with Crippen LogP contribution in [0.5, 0.6) is 0 Å². The summed E-state index contributed by atoms with van der Waals surface area (Å²) in [5.41, 5.74) is 27.2. The minimum Gasteiger partial charge on any atom is -0.454 e. The summed E-state index contributed by atoms with van der Waals surface area (Å²) in [6.45, 7) is 29.3. The zero-order valence-corrected chi connectivity index (χ0v) is 42.9. The van der Waals surface area contributed by atoms with Crippen LogP contribution in [-0.4, -0.2) is 0 Å². The fourth-order valence-electron chi connectivity index (χ4n) is 12.6. The van der Waals surface area contributed by atoms with E-state index in [1.807, 2.05) is 12.2 Å². The Morgan fingerprint density at radius 3 is 1.44 bits per heavy atom. The highest BCUT2D eigenvalue weighted by Gasteiger charge is 2.49. The summed E-state index contributed by atoms with van der Waals surface area (Å²) in [6.07, 6.45) is 5.86.